The highest BCUT2D eigenvalue weighted by molar-refractivity contribution is 9.10. The van der Waals surface area contributed by atoms with Crippen molar-refractivity contribution in [3.8, 4) is 0 Å². The maximum absolute atomic E-state index is 12.7. The Morgan fingerprint density at radius 2 is 1.95 bits per heavy atom. The lowest BCUT2D eigenvalue weighted by molar-refractivity contribution is -0.138. The summed E-state index contributed by atoms with van der Waals surface area (Å²) in [4.78, 5) is 12.3. The van der Waals surface area contributed by atoms with E-state index in [4.69, 9.17) is 11.6 Å². The lowest BCUT2D eigenvalue weighted by atomic mass is 10.1. The first-order valence-electron chi connectivity index (χ1n) is 4.95. The standard InChI is InChI=1S/C12H5BrClF3OS/c13-8-2-1-6(5-7(8)12(15,16)17)10(18)11-9(14)3-4-19-11/h1-5H. The Labute approximate surface area is 124 Å². The van der Waals surface area contributed by atoms with Crippen LogP contribution in [0.2, 0.25) is 5.02 Å². The summed E-state index contributed by atoms with van der Waals surface area (Å²) in [5, 5.41) is 1.85. The number of carbonyl (C=O) groups is 1. The van der Waals surface area contributed by atoms with E-state index in [1.54, 1.807) is 5.38 Å². The molecule has 1 aromatic carbocycles. The van der Waals surface area contributed by atoms with E-state index in [1.807, 2.05) is 0 Å². The molecule has 0 unspecified atom stereocenters. The van der Waals surface area contributed by atoms with Crippen LogP contribution >= 0.6 is 38.9 Å². The molecule has 19 heavy (non-hydrogen) atoms. The van der Waals surface area contributed by atoms with Crippen molar-refractivity contribution in [2.75, 3.05) is 0 Å². The van der Waals surface area contributed by atoms with Gasteiger partial charge in [-0.1, -0.05) is 27.5 Å². The molecule has 2 rings (SSSR count). The molecule has 0 fully saturated rings. The maximum atomic E-state index is 12.7. The van der Waals surface area contributed by atoms with Crippen molar-refractivity contribution in [3.05, 3.63) is 55.1 Å². The Bertz CT molecular complexity index is 636. The molecule has 0 aliphatic rings. The van der Waals surface area contributed by atoms with Gasteiger partial charge in [0.2, 0.25) is 5.78 Å². The van der Waals surface area contributed by atoms with Gasteiger partial charge in [0.05, 0.1) is 15.5 Å². The molecule has 1 nitrogen and oxygen atoms in total. The lowest BCUT2D eigenvalue weighted by Crippen LogP contribution is -2.09. The van der Waals surface area contributed by atoms with Crippen LogP contribution in [0.3, 0.4) is 0 Å². The summed E-state index contributed by atoms with van der Waals surface area (Å²) in [5.41, 5.74) is -0.925. The predicted octanol–water partition coefficient (Wildman–Crippen LogP) is 5.41. The van der Waals surface area contributed by atoms with Crippen molar-refractivity contribution in [1.29, 1.82) is 0 Å². The first-order valence-corrected chi connectivity index (χ1v) is 7.00. The molecule has 2 aromatic rings. The first-order chi connectivity index (χ1) is 8.80. The van der Waals surface area contributed by atoms with Crippen LogP contribution in [-0.2, 0) is 6.18 Å². The second-order valence-electron chi connectivity index (χ2n) is 3.62. The van der Waals surface area contributed by atoms with E-state index in [2.05, 4.69) is 15.9 Å². The topological polar surface area (TPSA) is 17.1 Å². The van der Waals surface area contributed by atoms with Crippen molar-refractivity contribution in [3.63, 3.8) is 0 Å². The van der Waals surface area contributed by atoms with E-state index < -0.39 is 17.5 Å². The van der Waals surface area contributed by atoms with Gasteiger partial charge in [0.15, 0.2) is 0 Å². The smallest absolute Gasteiger partial charge is 0.288 e. The summed E-state index contributed by atoms with van der Waals surface area (Å²) in [5.74, 6) is -0.516. The number of rotatable bonds is 2. The maximum Gasteiger partial charge on any atom is 0.417 e. The van der Waals surface area contributed by atoms with Gasteiger partial charge in [-0.25, -0.2) is 0 Å². The fourth-order valence-electron chi connectivity index (χ4n) is 1.47. The summed E-state index contributed by atoms with van der Waals surface area (Å²) in [6.45, 7) is 0. The molecule has 0 saturated heterocycles. The molecule has 0 atom stereocenters. The van der Waals surface area contributed by atoms with E-state index in [0.717, 1.165) is 17.4 Å². The predicted molar refractivity (Wildman–Crippen MR) is 71.9 cm³/mol. The summed E-state index contributed by atoms with van der Waals surface area (Å²) in [6, 6.07) is 4.89. The highest BCUT2D eigenvalue weighted by Crippen LogP contribution is 2.36. The summed E-state index contributed by atoms with van der Waals surface area (Å²) < 4.78 is 38.1. The molecule has 100 valence electrons. The molecule has 0 spiro atoms. The molecule has 0 bridgehead atoms. The number of alkyl halides is 3. The zero-order chi connectivity index (χ0) is 14.2. The third-order valence-corrected chi connectivity index (χ3v) is 4.39. The fraction of sp³-hybridized carbons (Fsp3) is 0.0833. The van der Waals surface area contributed by atoms with Crippen LogP contribution in [0.4, 0.5) is 13.2 Å². The quantitative estimate of drug-likeness (QED) is 0.647. The largest absolute Gasteiger partial charge is 0.417 e. The van der Waals surface area contributed by atoms with Gasteiger partial charge in [-0.2, -0.15) is 13.2 Å². The summed E-state index contributed by atoms with van der Waals surface area (Å²) in [7, 11) is 0. The second-order valence-corrected chi connectivity index (χ2v) is 5.80. The van der Waals surface area contributed by atoms with E-state index >= 15 is 0 Å². The first kappa shape index (κ1) is 14.6. The van der Waals surface area contributed by atoms with Gasteiger partial charge in [0.25, 0.3) is 0 Å². The number of thiophene rings is 1. The number of hydrogen-bond acceptors (Lipinski definition) is 2. The monoisotopic (exact) mass is 368 g/mol. The molecule has 0 saturated carbocycles. The van der Waals surface area contributed by atoms with Gasteiger partial charge in [0, 0.05) is 10.0 Å². The average Bonchev–Trinajstić information content (AvgIpc) is 2.73. The van der Waals surface area contributed by atoms with Gasteiger partial charge >= 0.3 is 6.18 Å². The molecule has 0 radical (unpaired) electrons. The normalized spacial score (nSPS) is 11.6. The number of ketones is 1. The minimum Gasteiger partial charge on any atom is -0.288 e. The zero-order valence-electron chi connectivity index (χ0n) is 9.09. The highest BCUT2D eigenvalue weighted by atomic mass is 79.9. The van der Waals surface area contributed by atoms with E-state index in [0.29, 0.717) is 0 Å². The Hall–Kier alpha value is -0.850. The van der Waals surface area contributed by atoms with Crippen molar-refractivity contribution in [2.24, 2.45) is 0 Å². The highest BCUT2D eigenvalue weighted by Gasteiger charge is 2.33. The number of halogens is 5. The summed E-state index contributed by atoms with van der Waals surface area (Å²) >= 11 is 9.72. The van der Waals surface area contributed by atoms with Gasteiger partial charge < -0.3 is 0 Å². The van der Waals surface area contributed by atoms with Gasteiger partial charge in [0.1, 0.15) is 0 Å². The second kappa shape index (κ2) is 5.26. The summed E-state index contributed by atoms with van der Waals surface area (Å²) in [6.07, 6.45) is -4.52. The minimum absolute atomic E-state index is 0.0418. The van der Waals surface area contributed by atoms with E-state index in [1.165, 1.54) is 18.2 Å². The van der Waals surface area contributed by atoms with Crippen LogP contribution in [0.1, 0.15) is 20.8 Å². The molecule has 0 aliphatic heterocycles. The molecular formula is C12H5BrClF3OS. The van der Waals surface area contributed by atoms with Crippen molar-refractivity contribution < 1.29 is 18.0 Å². The Balaban J connectivity index is 2.48. The van der Waals surface area contributed by atoms with E-state index in [-0.39, 0.29) is 19.9 Å². The number of carbonyl (C=O) groups excluding carboxylic acids is 1. The third-order valence-electron chi connectivity index (χ3n) is 2.36. The Kier molecular flexibility index (Phi) is 4.03. The van der Waals surface area contributed by atoms with Crippen LogP contribution in [0.25, 0.3) is 0 Å². The molecule has 0 aliphatic carbocycles. The Morgan fingerprint density at radius 1 is 1.26 bits per heavy atom. The van der Waals surface area contributed by atoms with Gasteiger partial charge in [-0.15, -0.1) is 11.3 Å². The molecule has 7 heteroatoms. The molecule has 0 amide bonds. The lowest BCUT2D eigenvalue weighted by Gasteiger charge is -2.10. The molecule has 0 N–H and O–H groups in total. The van der Waals surface area contributed by atoms with E-state index in [9.17, 15) is 18.0 Å². The number of benzene rings is 1. The fourth-order valence-corrected chi connectivity index (χ4v) is 3.04. The van der Waals surface area contributed by atoms with Gasteiger partial charge in [-0.05, 0) is 29.6 Å². The van der Waals surface area contributed by atoms with Crippen LogP contribution in [-0.4, -0.2) is 5.78 Å². The number of hydrogen-bond donors (Lipinski definition) is 0. The van der Waals surface area contributed by atoms with Crippen LogP contribution in [0.15, 0.2) is 34.1 Å². The van der Waals surface area contributed by atoms with Crippen molar-refractivity contribution in [1.82, 2.24) is 0 Å². The Morgan fingerprint density at radius 3 is 2.47 bits per heavy atom. The van der Waals surface area contributed by atoms with Crippen molar-refractivity contribution in [2.45, 2.75) is 6.18 Å². The SMILES string of the molecule is O=C(c1ccc(Br)c(C(F)(F)F)c1)c1sccc1Cl. The average molecular weight is 370 g/mol. The van der Waals surface area contributed by atoms with Gasteiger partial charge in [-0.3, -0.25) is 4.79 Å². The molecule has 1 aromatic heterocycles. The van der Waals surface area contributed by atoms with Crippen LogP contribution in [0.5, 0.6) is 0 Å². The molecule has 1 heterocycles. The third kappa shape index (κ3) is 3.01. The van der Waals surface area contributed by atoms with Crippen LogP contribution in [0, 0.1) is 0 Å². The zero-order valence-corrected chi connectivity index (χ0v) is 12.3. The minimum atomic E-state index is -4.52. The molecular weight excluding hydrogens is 365 g/mol. The van der Waals surface area contributed by atoms with Crippen molar-refractivity contribution >= 4 is 44.7 Å². The van der Waals surface area contributed by atoms with Crippen LogP contribution < -0.4 is 0 Å².